The molecule has 1 aromatic rings. The van der Waals surface area contributed by atoms with Crippen molar-refractivity contribution in [2.75, 3.05) is 43.4 Å². The maximum atomic E-state index is 4.59. The second kappa shape index (κ2) is 4.49. The molecule has 1 saturated heterocycles. The molecule has 92 valence electrons. The Morgan fingerprint density at radius 2 is 2.00 bits per heavy atom. The molecule has 0 unspecified atom stereocenters. The van der Waals surface area contributed by atoms with Crippen molar-refractivity contribution >= 4 is 11.8 Å². The van der Waals surface area contributed by atoms with Gasteiger partial charge in [0.05, 0.1) is 0 Å². The molecule has 0 spiro atoms. The van der Waals surface area contributed by atoms with Crippen molar-refractivity contribution < 1.29 is 0 Å². The molecule has 0 bridgehead atoms. The topological polar surface area (TPSA) is 44.3 Å². The number of aromatic nitrogens is 2. The fraction of sp³-hybridized carbons (Fsp3) is 0.667. The first-order valence-electron chi connectivity index (χ1n) is 6.34. The quantitative estimate of drug-likeness (QED) is 0.836. The molecule has 0 atom stereocenters. The summed E-state index contributed by atoms with van der Waals surface area (Å²) in [6, 6.07) is 2.60. The molecule has 0 radical (unpaired) electrons. The van der Waals surface area contributed by atoms with Crippen LogP contribution in [-0.4, -0.2) is 54.1 Å². The zero-order chi connectivity index (χ0) is 11.7. The monoisotopic (exact) mass is 233 g/mol. The maximum Gasteiger partial charge on any atom is 0.227 e. The zero-order valence-electron chi connectivity index (χ0n) is 10.3. The van der Waals surface area contributed by atoms with Crippen LogP contribution >= 0.6 is 0 Å². The van der Waals surface area contributed by atoms with Gasteiger partial charge in [-0.1, -0.05) is 0 Å². The highest BCUT2D eigenvalue weighted by molar-refractivity contribution is 5.43. The average molecular weight is 233 g/mol. The summed E-state index contributed by atoms with van der Waals surface area (Å²) in [6.07, 6.45) is 4.40. The molecule has 0 amide bonds. The van der Waals surface area contributed by atoms with Crippen molar-refractivity contribution in [3.05, 3.63) is 12.3 Å². The lowest BCUT2D eigenvalue weighted by Crippen LogP contribution is -2.45. The molecule has 17 heavy (non-hydrogen) atoms. The first-order chi connectivity index (χ1) is 8.31. The third kappa shape index (κ3) is 2.66. The van der Waals surface area contributed by atoms with Gasteiger partial charge in [0, 0.05) is 38.4 Å². The van der Waals surface area contributed by atoms with E-state index in [9.17, 15) is 0 Å². The lowest BCUT2D eigenvalue weighted by molar-refractivity contribution is 0.311. The molecule has 2 fully saturated rings. The summed E-state index contributed by atoms with van der Waals surface area (Å²) in [6.45, 7) is 4.21. The highest BCUT2D eigenvalue weighted by atomic mass is 15.3. The Labute approximate surface area is 102 Å². The van der Waals surface area contributed by atoms with E-state index in [0.29, 0.717) is 6.04 Å². The molecular weight excluding hydrogens is 214 g/mol. The highest BCUT2D eigenvalue weighted by Gasteiger charge is 2.22. The van der Waals surface area contributed by atoms with E-state index in [4.69, 9.17) is 0 Å². The number of nitrogens with zero attached hydrogens (tertiary/aromatic N) is 4. The first-order valence-corrected chi connectivity index (χ1v) is 6.34. The minimum absolute atomic E-state index is 0.644. The van der Waals surface area contributed by atoms with E-state index in [-0.39, 0.29) is 0 Å². The molecular formula is C12H19N5. The van der Waals surface area contributed by atoms with Crippen LogP contribution in [0.5, 0.6) is 0 Å². The summed E-state index contributed by atoms with van der Waals surface area (Å²) in [5.74, 6) is 1.83. The number of hydrogen-bond donors (Lipinski definition) is 1. The lowest BCUT2D eigenvalue weighted by Gasteiger charge is -2.32. The van der Waals surface area contributed by atoms with Crippen molar-refractivity contribution in [2.45, 2.75) is 18.9 Å². The van der Waals surface area contributed by atoms with E-state index in [2.05, 4.69) is 32.1 Å². The van der Waals surface area contributed by atoms with Gasteiger partial charge in [-0.15, -0.1) is 0 Å². The SMILES string of the molecule is CN1CCN(c2nccc(NC3CC3)n2)CC1. The zero-order valence-corrected chi connectivity index (χ0v) is 10.3. The fourth-order valence-corrected chi connectivity index (χ4v) is 2.02. The molecule has 2 aliphatic rings. The van der Waals surface area contributed by atoms with E-state index in [1.807, 2.05) is 12.3 Å². The molecule has 5 heteroatoms. The minimum atomic E-state index is 0.644. The summed E-state index contributed by atoms with van der Waals surface area (Å²) < 4.78 is 0. The second-order valence-electron chi connectivity index (χ2n) is 4.95. The lowest BCUT2D eigenvalue weighted by atomic mass is 10.3. The van der Waals surface area contributed by atoms with Gasteiger partial charge in [-0.3, -0.25) is 0 Å². The van der Waals surface area contributed by atoms with Crippen molar-refractivity contribution in [1.29, 1.82) is 0 Å². The molecule has 5 nitrogen and oxygen atoms in total. The van der Waals surface area contributed by atoms with Crippen LogP contribution in [0.15, 0.2) is 12.3 Å². The number of rotatable bonds is 3. The smallest absolute Gasteiger partial charge is 0.227 e. The Morgan fingerprint density at radius 3 is 2.71 bits per heavy atom. The molecule has 3 rings (SSSR count). The Bertz CT molecular complexity index is 382. The van der Waals surface area contributed by atoms with Crippen LogP contribution in [0.1, 0.15) is 12.8 Å². The van der Waals surface area contributed by atoms with Crippen molar-refractivity contribution in [1.82, 2.24) is 14.9 Å². The number of nitrogens with one attached hydrogen (secondary N) is 1. The summed E-state index contributed by atoms with van der Waals surface area (Å²) in [7, 11) is 2.16. The van der Waals surface area contributed by atoms with Crippen LogP contribution in [0.2, 0.25) is 0 Å². The van der Waals surface area contributed by atoms with Gasteiger partial charge in [-0.2, -0.15) is 4.98 Å². The highest BCUT2D eigenvalue weighted by Crippen LogP contribution is 2.24. The van der Waals surface area contributed by atoms with Gasteiger partial charge in [0.15, 0.2) is 0 Å². The molecule has 2 heterocycles. The van der Waals surface area contributed by atoms with Crippen LogP contribution in [-0.2, 0) is 0 Å². The van der Waals surface area contributed by atoms with E-state index in [1.54, 1.807) is 0 Å². The van der Waals surface area contributed by atoms with Crippen molar-refractivity contribution in [3.8, 4) is 0 Å². The van der Waals surface area contributed by atoms with Crippen LogP contribution < -0.4 is 10.2 Å². The van der Waals surface area contributed by atoms with Gasteiger partial charge in [-0.05, 0) is 26.0 Å². The van der Waals surface area contributed by atoms with Gasteiger partial charge in [0.25, 0.3) is 0 Å². The van der Waals surface area contributed by atoms with Crippen molar-refractivity contribution in [2.24, 2.45) is 0 Å². The Hall–Kier alpha value is -1.36. The molecule has 1 saturated carbocycles. The third-order valence-electron chi connectivity index (χ3n) is 3.36. The number of hydrogen-bond acceptors (Lipinski definition) is 5. The Kier molecular flexibility index (Phi) is 2.84. The first kappa shape index (κ1) is 10.8. The van der Waals surface area contributed by atoms with Gasteiger partial charge in [-0.25, -0.2) is 4.98 Å². The third-order valence-corrected chi connectivity index (χ3v) is 3.36. The Balaban J connectivity index is 1.68. The summed E-state index contributed by atoms with van der Waals surface area (Å²) in [4.78, 5) is 13.6. The maximum absolute atomic E-state index is 4.59. The van der Waals surface area contributed by atoms with Crippen LogP contribution in [0.3, 0.4) is 0 Å². The van der Waals surface area contributed by atoms with E-state index in [0.717, 1.165) is 37.9 Å². The summed E-state index contributed by atoms with van der Waals surface area (Å²) in [5.41, 5.74) is 0. The summed E-state index contributed by atoms with van der Waals surface area (Å²) in [5, 5.41) is 3.42. The molecule has 1 N–H and O–H groups in total. The average Bonchev–Trinajstić information content (AvgIpc) is 3.14. The van der Waals surface area contributed by atoms with Gasteiger partial charge in [0.1, 0.15) is 5.82 Å². The predicted octanol–water partition coefficient (Wildman–Crippen LogP) is 0.803. The molecule has 1 aliphatic heterocycles. The van der Waals surface area contributed by atoms with E-state index >= 15 is 0 Å². The molecule has 0 aromatic carbocycles. The fourth-order valence-electron chi connectivity index (χ4n) is 2.02. The molecule has 1 aromatic heterocycles. The Morgan fingerprint density at radius 1 is 1.24 bits per heavy atom. The normalized spacial score (nSPS) is 21.6. The van der Waals surface area contributed by atoms with Gasteiger partial charge in [0.2, 0.25) is 5.95 Å². The van der Waals surface area contributed by atoms with Crippen LogP contribution in [0, 0.1) is 0 Å². The van der Waals surface area contributed by atoms with Gasteiger partial charge < -0.3 is 15.1 Å². The molecule has 1 aliphatic carbocycles. The number of likely N-dealkylation sites (N-methyl/N-ethyl adjacent to an activating group) is 1. The van der Waals surface area contributed by atoms with Crippen LogP contribution in [0.25, 0.3) is 0 Å². The second-order valence-corrected chi connectivity index (χ2v) is 4.95. The number of piperazine rings is 1. The van der Waals surface area contributed by atoms with Gasteiger partial charge >= 0.3 is 0 Å². The van der Waals surface area contributed by atoms with Crippen LogP contribution in [0.4, 0.5) is 11.8 Å². The minimum Gasteiger partial charge on any atom is -0.367 e. The van der Waals surface area contributed by atoms with E-state index in [1.165, 1.54) is 12.8 Å². The standard InChI is InChI=1S/C12H19N5/c1-16-6-8-17(9-7-16)12-13-5-4-11(15-12)14-10-2-3-10/h4-5,10H,2-3,6-9H2,1H3,(H,13,14,15). The predicted molar refractivity (Wildman–Crippen MR) is 68.4 cm³/mol. The van der Waals surface area contributed by atoms with Crippen molar-refractivity contribution in [3.63, 3.8) is 0 Å². The number of anilines is 2. The largest absolute Gasteiger partial charge is 0.367 e. The van der Waals surface area contributed by atoms with E-state index < -0.39 is 0 Å². The summed E-state index contributed by atoms with van der Waals surface area (Å²) >= 11 is 0.